The molecule has 102 heavy (non-hydrogen) atoms. The average molecular weight is 1370 g/mol. The van der Waals surface area contributed by atoms with Crippen molar-refractivity contribution in [1.82, 2.24) is 0 Å². The van der Waals surface area contributed by atoms with E-state index in [4.69, 9.17) is 16.4 Å². The van der Waals surface area contributed by atoms with Gasteiger partial charge in [0, 0.05) is 161 Å². The van der Waals surface area contributed by atoms with Gasteiger partial charge in [0.05, 0.1) is 0 Å². The number of aromatic nitrogens is 6. The number of nitrogens with zero attached hydrogens (tertiary/aromatic N) is 6. The van der Waals surface area contributed by atoms with Crippen LogP contribution in [0.25, 0.3) is 67.5 Å². The second-order valence-corrected chi connectivity index (χ2v) is 27.9. The van der Waals surface area contributed by atoms with E-state index in [9.17, 15) is 0 Å². The van der Waals surface area contributed by atoms with Crippen LogP contribution in [0.5, 0.6) is 0 Å². The summed E-state index contributed by atoms with van der Waals surface area (Å²) >= 11 is 0. The predicted octanol–water partition coefficient (Wildman–Crippen LogP) is 20.5. The largest absolute Gasteiger partial charge is 0.215 e. The van der Waals surface area contributed by atoms with Gasteiger partial charge in [0.1, 0.15) is 42.3 Å². The second-order valence-electron chi connectivity index (χ2n) is 27.9. The molecule has 0 N–H and O–H groups in total. The van der Waals surface area contributed by atoms with E-state index in [2.05, 4.69) is 279 Å². The molecule has 0 aliphatic carbocycles. The Kier molecular flexibility index (Phi) is 21.5. The smallest absolute Gasteiger partial charge is 0.198 e. The molecule has 6 nitrogen and oxygen atoms in total. The number of hydrogen-bond acceptors (Lipinski definition) is 0. The van der Waals surface area contributed by atoms with Crippen molar-refractivity contribution < 1.29 is 43.9 Å². The Morgan fingerprint density at radius 2 is 0.520 bits per heavy atom. The average Bonchev–Trinajstić information content (AvgIpc) is 0.781. The summed E-state index contributed by atoms with van der Waals surface area (Å²) in [4.78, 5) is 0. The van der Waals surface area contributed by atoms with Crippen LogP contribution in [0, 0.1) is 166 Å². The van der Waals surface area contributed by atoms with E-state index in [1.807, 2.05) is 24.6 Å². The zero-order valence-corrected chi connectivity index (χ0v) is 66.0. The third-order valence-corrected chi connectivity index (χ3v) is 21.1. The van der Waals surface area contributed by atoms with E-state index in [0.717, 1.165) is 28.1 Å². The van der Waals surface area contributed by atoms with Crippen molar-refractivity contribution in [1.29, 1.82) is 0 Å². The Morgan fingerprint density at radius 3 is 0.892 bits per heavy atom. The van der Waals surface area contributed by atoms with Crippen LogP contribution < -0.4 is 27.4 Å². The summed E-state index contributed by atoms with van der Waals surface area (Å²) in [5.41, 5.74) is 39.3. The van der Waals surface area contributed by atoms with Crippen LogP contribution in [0.3, 0.4) is 0 Å². The highest BCUT2D eigenvalue weighted by molar-refractivity contribution is 5.68. The van der Waals surface area contributed by atoms with Crippen LogP contribution >= 0.6 is 0 Å². The minimum Gasteiger partial charge on any atom is -0.198 e. The molecule has 0 saturated heterocycles. The maximum atomic E-state index is 7.64. The summed E-state index contributed by atoms with van der Waals surface area (Å²) in [6.07, 6.45) is 0. The molecule has 6 heteroatoms. The fraction of sp³-hybridized carbons (Fsp3) is 0.312. The van der Waals surface area contributed by atoms with Gasteiger partial charge >= 0.3 is 0 Å². The fourth-order valence-corrected chi connectivity index (χ4v) is 13.1. The van der Waals surface area contributed by atoms with Crippen molar-refractivity contribution in [2.45, 2.75) is 166 Å². The lowest BCUT2D eigenvalue weighted by Crippen LogP contribution is -2.36. The molecule has 6 heterocycles. The van der Waals surface area contributed by atoms with Gasteiger partial charge in [-0.1, -0.05) is 96.1 Å². The molecule has 0 radical (unpaired) electrons. The molecule has 0 spiro atoms. The van der Waals surface area contributed by atoms with Crippen molar-refractivity contribution in [3.63, 3.8) is 0 Å². The minimum absolute atomic E-state index is 0.299. The highest BCUT2D eigenvalue weighted by Gasteiger charge is 2.24. The van der Waals surface area contributed by atoms with E-state index in [-0.39, 0.29) is 0 Å². The molecule has 0 fully saturated rings. The summed E-state index contributed by atoms with van der Waals surface area (Å²) in [6.45, 7) is 33.3. The normalized spacial score (nSPS) is 12.9. The van der Waals surface area contributed by atoms with E-state index in [1.165, 1.54) is 135 Å². The Balaban J connectivity index is 0.000000190. The summed E-state index contributed by atoms with van der Waals surface area (Å²) in [5, 5.41) is 0. The van der Waals surface area contributed by atoms with Gasteiger partial charge in [-0.05, 0) is 241 Å². The molecule has 0 aliphatic heterocycles. The van der Waals surface area contributed by atoms with Crippen LogP contribution in [0.1, 0.15) is 151 Å². The van der Waals surface area contributed by atoms with Crippen LogP contribution in [0.4, 0.5) is 0 Å². The Morgan fingerprint density at radius 1 is 0.206 bits per heavy atom. The first-order valence-electron chi connectivity index (χ1n) is 41.3. The van der Waals surface area contributed by atoms with Crippen molar-refractivity contribution in [3.05, 3.63) is 316 Å². The minimum atomic E-state index is -2.17. The zero-order valence-electron chi connectivity index (χ0n) is 78.0. The first-order valence-corrected chi connectivity index (χ1v) is 35.3. The van der Waals surface area contributed by atoms with Gasteiger partial charge in [-0.15, -0.1) is 0 Å². The Hall–Kier alpha value is -9.78. The quantitative estimate of drug-likeness (QED) is 0.148. The number of aryl methyl sites for hydroxylation is 16. The molecular formula is C96H120N6+6. The standard InChI is InChI=1S/6C16H20N/c2*1-11-6-8-15(13(3)10-11)16-9-7-12(2)14(4)17(16)5;2*1-11-7-6-8-15(13(11)3)16-10-9-12(2)14(4)17(16)5;2*1-11-8-6-7-9-15(11)16-14(4)12(2)10-13(3)17(16)5/h6*6-10H,1-5H3/q6*+1/i1D3,2D3;;1D3,2D3;;;. The number of rotatable bonds is 6. The van der Waals surface area contributed by atoms with Gasteiger partial charge in [0.15, 0.2) is 34.2 Å². The lowest BCUT2D eigenvalue weighted by atomic mass is 9.98. The third kappa shape index (κ3) is 18.3. The van der Waals surface area contributed by atoms with Crippen LogP contribution in [0.2, 0.25) is 0 Å². The lowest BCUT2D eigenvalue weighted by Gasteiger charge is -2.10. The van der Waals surface area contributed by atoms with Crippen molar-refractivity contribution in [2.24, 2.45) is 42.3 Å². The van der Waals surface area contributed by atoms with Gasteiger partial charge in [0.25, 0.3) is 0 Å². The summed E-state index contributed by atoms with van der Waals surface area (Å²) < 4.78 is 104. The molecular weight excluding hydrogens is 1240 g/mol. The first kappa shape index (κ1) is 63.2. The van der Waals surface area contributed by atoms with E-state index in [1.54, 1.807) is 87.0 Å². The Bertz CT molecular complexity index is 5370. The van der Waals surface area contributed by atoms with E-state index < -0.39 is 27.4 Å². The van der Waals surface area contributed by atoms with Gasteiger partial charge in [-0.25, -0.2) is 0 Å². The van der Waals surface area contributed by atoms with Crippen LogP contribution in [-0.4, -0.2) is 0 Å². The molecule has 0 unspecified atom stereocenters. The summed E-state index contributed by atoms with van der Waals surface area (Å²) in [7, 11) is 12.2. The Labute approximate surface area is 632 Å². The molecule has 0 amide bonds. The monoisotopic (exact) mass is 1370 g/mol. The summed E-state index contributed by atoms with van der Waals surface area (Å²) in [6, 6.07) is 60.6. The van der Waals surface area contributed by atoms with Gasteiger partial charge in [0.2, 0.25) is 34.2 Å². The second kappa shape index (κ2) is 34.7. The van der Waals surface area contributed by atoms with Crippen molar-refractivity contribution in [3.8, 4) is 67.5 Å². The topological polar surface area (TPSA) is 23.3 Å². The molecule has 6 aromatic heterocycles. The molecule has 6 aromatic carbocycles. The molecule has 0 aliphatic rings. The first-order chi connectivity index (χ1) is 52.9. The van der Waals surface area contributed by atoms with Gasteiger partial charge < -0.3 is 0 Å². The molecule has 12 aromatic rings. The maximum absolute atomic E-state index is 7.64. The molecule has 0 saturated carbocycles. The van der Waals surface area contributed by atoms with Crippen molar-refractivity contribution >= 4 is 0 Å². The lowest BCUT2D eigenvalue weighted by molar-refractivity contribution is -0.667. The number of benzene rings is 6. The van der Waals surface area contributed by atoms with Gasteiger partial charge in [-0.3, -0.25) is 0 Å². The van der Waals surface area contributed by atoms with E-state index in [0.29, 0.717) is 39.2 Å². The maximum Gasteiger partial charge on any atom is 0.215 e. The third-order valence-electron chi connectivity index (χ3n) is 21.1. The highest BCUT2D eigenvalue weighted by atomic mass is 15.0. The van der Waals surface area contributed by atoms with Crippen molar-refractivity contribution in [2.75, 3.05) is 0 Å². The van der Waals surface area contributed by atoms with Gasteiger partial charge in [-0.2, -0.15) is 27.4 Å². The molecule has 12 rings (SSSR count). The highest BCUT2D eigenvalue weighted by Crippen LogP contribution is 2.30. The summed E-state index contributed by atoms with van der Waals surface area (Å²) in [5.74, 6) is 0. The number of pyridine rings is 6. The number of hydrogen-bond donors (Lipinski definition) is 0. The SMILES string of the molecule is Cc1ccc(-c2ccc(C)c(C)[n+]2C)c(C)c1.Cc1cccc(-c2ccc(C)c(C)[n+]2C)c1C.Cc1ccccc1-c1c(C)c(C)cc(C)[n+]1C.Cc1ccccc1-c1c(C)c(C)cc(C)[n+]1C.[2H]C([2H])([2H])c1ccc(-c2ccc(C([2H])([2H])[2H])c(C)[n+]2C)c(C)c1.[2H]C([2H])([2H])c1cccc(-c2ccc(C([2H])([2H])[2H])c(C)[n+]2C)c1C. The fourth-order valence-electron chi connectivity index (χ4n) is 13.1. The van der Waals surface area contributed by atoms with Crippen LogP contribution in [0.15, 0.2) is 182 Å². The predicted molar refractivity (Wildman–Crippen MR) is 432 cm³/mol. The zero-order chi connectivity index (χ0) is 85.5. The molecule has 0 bridgehead atoms. The molecule has 0 atom stereocenters. The molecule has 528 valence electrons. The van der Waals surface area contributed by atoms with E-state index >= 15 is 0 Å². The van der Waals surface area contributed by atoms with Crippen LogP contribution in [-0.2, 0) is 42.3 Å².